The van der Waals surface area contributed by atoms with Gasteiger partial charge in [0, 0.05) is 4.47 Å². The molecule has 1 rings (SSSR count). The van der Waals surface area contributed by atoms with Gasteiger partial charge in [0.1, 0.15) is 0 Å². The maximum atomic E-state index is 10.7. The van der Waals surface area contributed by atoms with Gasteiger partial charge in [-0.3, -0.25) is 4.79 Å². The van der Waals surface area contributed by atoms with Crippen LogP contribution < -0.4 is 9.47 Å². The Kier molecular flexibility index (Phi) is 5.62. The lowest BCUT2D eigenvalue weighted by Crippen LogP contribution is -2.14. The van der Waals surface area contributed by atoms with Crippen LogP contribution in [0, 0.1) is 5.92 Å². The number of benzene rings is 1. The van der Waals surface area contributed by atoms with Gasteiger partial charge in [-0.2, -0.15) is 0 Å². The molecule has 0 amide bonds. The van der Waals surface area contributed by atoms with Crippen molar-refractivity contribution in [2.45, 2.75) is 19.4 Å². The molecule has 0 radical (unpaired) electrons. The Morgan fingerprint density at radius 3 is 2.32 bits per heavy atom. The van der Waals surface area contributed by atoms with Crippen LogP contribution in [-0.4, -0.2) is 30.4 Å². The van der Waals surface area contributed by atoms with Gasteiger partial charge in [-0.15, -0.1) is 0 Å². The summed E-state index contributed by atoms with van der Waals surface area (Å²) in [4.78, 5) is 10.7. The Hall–Kier alpha value is -1.27. The number of carboxylic acid groups (broad SMARTS) is 1. The third kappa shape index (κ3) is 3.84. The van der Waals surface area contributed by atoms with E-state index in [2.05, 4.69) is 15.9 Å². The summed E-state index contributed by atoms with van der Waals surface area (Å²) in [5, 5.41) is 19.0. The van der Waals surface area contributed by atoms with Crippen LogP contribution in [0.3, 0.4) is 0 Å². The second-order valence-electron chi connectivity index (χ2n) is 4.25. The predicted molar refractivity (Wildman–Crippen MR) is 73.6 cm³/mol. The summed E-state index contributed by atoms with van der Waals surface area (Å²) in [6.07, 6.45) is -1.01. The molecule has 1 aromatic carbocycles. The molecule has 19 heavy (non-hydrogen) atoms. The number of aliphatic hydroxyl groups excluding tert-OH is 1. The minimum Gasteiger partial charge on any atom is -0.493 e. The zero-order valence-corrected chi connectivity index (χ0v) is 12.6. The van der Waals surface area contributed by atoms with E-state index in [-0.39, 0.29) is 6.42 Å². The van der Waals surface area contributed by atoms with Crippen molar-refractivity contribution in [2.75, 3.05) is 14.2 Å². The van der Waals surface area contributed by atoms with Crippen molar-refractivity contribution in [3.8, 4) is 11.5 Å². The molecule has 5 nitrogen and oxygen atoms in total. The van der Waals surface area contributed by atoms with Crippen LogP contribution in [-0.2, 0) is 4.79 Å². The van der Waals surface area contributed by atoms with Crippen LogP contribution in [0.5, 0.6) is 11.5 Å². The average molecular weight is 333 g/mol. The molecule has 2 N–H and O–H groups in total. The number of hydrogen-bond donors (Lipinski definition) is 2. The van der Waals surface area contributed by atoms with E-state index in [1.165, 1.54) is 14.2 Å². The Labute approximate surface area is 120 Å². The van der Waals surface area contributed by atoms with Gasteiger partial charge < -0.3 is 19.7 Å². The fraction of sp³-hybridized carbons (Fsp3) is 0.462. The number of halogens is 1. The lowest BCUT2D eigenvalue weighted by molar-refractivity contribution is -0.139. The summed E-state index contributed by atoms with van der Waals surface area (Å²) < 4.78 is 11.0. The second kappa shape index (κ2) is 6.77. The topological polar surface area (TPSA) is 76.0 Å². The number of ether oxygens (including phenoxy) is 2. The molecule has 0 spiro atoms. The fourth-order valence-corrected chi connectivity index (χ4v) is 2.35. The molecule has 2 atom stereocenters. The molecule has 106 valence electrons. The van der Waals surface area contributed by atoms with Gasteiger partial charge in [0.05, 0.1) is 26.7 Å². The van der Waals surface area contributed by atoms with Gasteiger partial charge in [-0.1, -0.05) is 22.9 Å². The van der Waals surface area contributed by atoms with Crippen molar-refractivity contribution in [3.63, 3.8) is 0 Å². The third-order valence-corrected chi connectivity index (χ3v) is 3.54. The predicted octanol–water partition coefficient (Wildman–Crippen LogP) is 2.61. The van der Waals surface area contributed by atoms with Gasteiger partial charge >= 0.3 is 5.97 Å². The third-order valence-electron chi connectivity index (χ3n) is 2.86. The monoisotopic (exact) mass is 332 g/mol. The molecule has 0 aliphatic rings. The summed E-state index contributed by atoms with van der Waals surface area (Å²) in [5.74, 6) is -0.325. The molecule has 1 aromatic rings. The largest absolute Gasteiger partial charge is 0.493 e. The summed E-state index contributed by atoms with van der Waals surface area (Å²) in [6, 6.07) is 3.33. The van der Waals surface area contributed by atoms with Gasteiger partial charge in [-0.05, 0) is 23.6 Å². The molecule has 0 aromatic heterocycles. The van der Waals surface area contributed by atoms with E-state index in [0.717, 1.165) is 0 Å². The summed E-state index contributed by atoms with van der Waals surface area (Å²) in [6.45, 7) is 1.68. The molecule has 0 heterocycles. The number of carbonyl (C=O) groups is 1. The number of methoxy groups -OCH3 is 2. The number of aliphatic hydroxyl groups is 1. The first-order valence-electron chi connectivity index (χ1n) is 5.72. The van der Waals surface area contributed by atoms with E-state index >= 15 is 0 Å². The first-order chi connectivity index (χ1) is 8.90. The van der Waals surface area contributed by atoms with E-state index in [0.29, 0.717) is 21.5 Å². The molecule has 0 bridgehead atoms. The highest BCUT2D eigenvalue weighted by atomic mass is 79.9. The van der Waals surface area contributed by atoms with Crippen molar-refractivity contribution in [1.29, 1.82) is 0 Å². The Bertz CT molecular complexity index is 461. The molecule has 0 saturated heterocycles. The van der Waals surface area contributed by atoms with Crippen molar-refractivity contribution >= 4 is 21.9 Å². The highest BCUT2D eigenvalue weighted by molar-refractivity contribution is 9.10. The van der Waals surface area contributed by atoms with Crippen LogP contribution in [0.15, 0.2) is 16.6 Å². The second-order valence-corrected chi connectivity index (χ2v) is 5.10. The molecule has 0 saturated carbocycles. The average Bonchev–Trinajstić information content (AvgIpc) is 2.36. The van der Waals surface area contributed by atoms with E-state index in [1.807, 2.05) is 0 Å². The maximum absolute atomic E-state index is 10.7. The number of rotatable bonds is 6. The van der Waals surface area contributed by atoms with Gasteiger partial charge in [0.25, 0.3) is 0 Å². The molecule has 6 heteroatoms. The lowest BCUT2D eigenvalue weighted by atomic mass is 9.94. The highest BCUT2D eigenvalue weighted by Crippen LogP contribution is 2.38. The van der Waals surface area contributed by atoms with Crippen LogP contribution in [0.2, 0.25) is 0 Å². The smallest absolute Gasteiger partial charge is 0.303 e. The summed E-state index contributed by atoms with van der Waals surface area (Å²) >= 11 is 3.34. The number of aliphatic carboxylic acids is 1. The quantitative estimate of drug-likeness (QED) is 0.837. The van der Waals surface area contributed by atoms with Crippen LogP contribution in [0.4, 0.5) is 0 Å². The molecule has 0 aliphatic carbocycles. The maximum Gasteiger partial charge on any atom is 0.303 e. The Morgan fingerprint density at radius 1 is 1.32 bits per heavy atom. The summed E-state index contributed by atoms with van der Waals surface area (Å²) in [7, 11) is 3.02. The van der Waals surface area contributed by atoms with Gasteiger partial charge in [-0.25, -0.2) is 0 Å². The zero-order valence-electron chi connectivity index (χ0n) is 11.0. The molecule has 2 unspecified atom stereocenters. The van der Waals surface area contributed by atoms with E-state index < -0.39 is 18.0 Å². The van der Waals surface area contributed by atoms with E-state index in [1.54, 1.807) is 19.1 Å². The molecule has 0 aliphatic heterocycles. The van der Waals surface area contributed by atoms with E-state index in [9.17, 15) is 9.90 Å². The molecule has 0 fully saturated rings. The highest BCUT2D eigenvalue weighted by Gasteiger charge is 2.23. The zero-order chi connectivity index (χ0) is 14.6. The number of hydrogen-bond acceptors (Lipinski definition) is 4. The normalized spacial score (nSPS) is 13.7. The van der Waals surface area contributed by atoms with Crippen molar-refractivity contribution in [2.24, 2.45) is 5.92 Å². The first kappa shape index (κ1) is 15.8. The van der Waals surface area contributed by atoms with Crippen molar-refractivity contribution in [3.05, 3.63) is 22.2 Å². The molecular weight excluding hydrogens is 316 g/mol. The van der Waals surface area contributed by atoms with Crippen molar-refractivity contribution < 1.29 is 24.5 Å². The first-order valence-corrected chi connectivity index (χ1v) is 6.51. The van der Waals surface area contributed by atoms with Crippen LogP contribution in [0.1, 0.15) is 25.0 Å². The van der Waals surface area contributed by atoms with Crippen molar-refractivity contribution in [1.82, 2.24) is 0 Å². The van der Waals surface area contributed by atoms with Crippen LogP contribution in [0.25, 0.3) is 0 Å². The standard InChI is InChI=1S/C13H17BrO5/c1-7(4-12(15)16)13(17)8-5-10(18-2)11(19-3)6-9(8)14/h5-7,13,17H,4H2,1-3H3,(H,15,16). The SMILES string of the molecule is COc1cc(Br)c(C(O)C(C)CC(=O)O)cc1OC. The summed E-state index contributed by atoms with van der Waals surface area (Å²) in [5.41, 5.74) is 0.575. The molecular formula is C13H17BrO5. The Morgan fingerprint density at radius 2 is 1.84 bits per heavy atom. The minimum atomic E-state index is -0.942. The van der Waals surface area contributed by atoms with Gasteiger partial charge in [0.15, 0.2) is 11.5 Å². The van der Waals surface area contributed by atoms with Gasteiger partial charge in [0.2, 0.25) is 0 Å². The lowest BCUT2D eigenvalue weighted by Gasteiger charge is -2.20. The van der Waals surface area contributed by atoms with Crippen LogP contribution >= 0.6 is 15.9 Å². The minimum absolute atomic E-state index is 0.109. The number of carboxylic acids is 1. The van der Waals surface area contributed by atoms with E-state index in [4.69, 9.17) is 14.6 Å². The fourth-order valence-electron chi connectivity index (χ4n) is 1.79. The Balaban J connectivity index is 3.09.